The van der Waals surface area contributed by atoms with Gasteiger partial charge in [-0.3, -0.25) is 9.52 Å². The van der Waals surface area contributed by atoms with Crippen LogP contribution >= 0.6 is 0 Å². The number of anilines is 3. The molecule has 9 nitrogen and oxygen atoms in total. The Labute approximate surface area is 202 Å². The van der Waals surface area contributed by atoms with Crippen LogP contribution in [0.2, 0.25) is 0 Å². The second-order valence-corrected chi connectivity index (χ2v) is 10.2. The predicted molar refractivity (Wildman–Crippen MR) is 137 cm³/mol. The number of H-pyrrole nitrogens is 2. The summed E-state index contributed by atoms with van der Waals surface area (Å²) in [4.78, 5) is 31.5. The van der Waals surface area contributed by atoms with E-state index in [0.29, 0.717) is 28.0 Å². The number of nitrogens with one attached hydrogen (secondary N) is 4. The van der Waals surface area contributed by atoms with Crippen molar-refractivity contribution in [2.45, 2.75) is 24.2 Å². The average molecular weight is 492 g/mol. The molecule has 4 N–H and O–H groups in total. The Kier molecular flexibility index (Phi) is 6.04. The van der Waals surface area contributed by atoms with Crippen LogP contribution in [0.3, 0.4) is 0 Å². The van der Waals surface area contributed by atoms with E-state index in [1.165, 1.54) is 49.6 Å². The first-order valence-electron chi connectivity index (χ1n) is 11.4. The van der Waals surface area contributed by atoms with E-state index in [1.54, 1.807) is 12.1 Å². The maximum atomic E-state index is 12.8. The largest absolute Gasteiger partial charge is 0.372 e. The molecular weight excluding hydrogens is 466 g/mol. The monoisotopic (exact) mass is 491 g/mol. The van der Waals surface area contributed by atoms with Crippen molar-refractivity contribution < 1.29 is 13.2 Å². The Hall–Kier alpha value is -4.05. The first-order chi connectivity index (χ1) is 16.9. The number of imidazole rings is 1. The quantitative estimate of drug-likeness (QED) is 0.325. The van der Waals surface area contributed by atoms with Crippen LogP contribution in [0.4, 0.5) is 17.1 Å². The van der Waals surface area contributed by atoms with Gasteiger partial charge in [0.15, 0.2) is 0 Å². The predicted octanol–water partition coefficient (Wildman–Crippen LogP) is 3.90. The summed E-state index contributed by atoms with van der Waals surface area (Å²) >= 11 is 0. The van der Waals surface area contributed by atoms with E-state index >= 15 is 0 Å². The fraction of sp³-hybridized carbons (Fsp3) is 0.200. The van der Waals surface area contributed by atoms with Gasteiger partial charge >= 0.3 is 5.69 Å². The van der Waals surface area contributed by atoms with Crippen LogP contribution in [0.5, 0.6) is 0 Å². The van der Waals surface area contributed by atoms with E-state index in [9.17, 15) is 18.0 Å². The number of amides is 1. The smallest absolute Gasteiger partial charge is 0.323 e. The number of benzene rings is 3. The van der Waals surface area contributed by atoms with Gasteiger partial charge in [0, 0.05) is 35.7 Å². The minimum atomic E-state index is -3.88. The molecule has 1 aromatic heterocycles. The molecule has 1 saturated heterocycles. The lowest BCUT2D eigenvalue weighted by Gasteiger charge is -2.28. The molecule has 0 unspecified atom stereocenters. The number of aromatic amines is 2. The van der Waals surface area contributed by atoms with Gasteiger partial charge in [0.05, 0.1) is 15.9 Å². The number of rotatable bonds is 6. The number of hydrogen-bond acceptors (Lipinski definition) is 5. The van der Waals surface area contributed by atoms with Crippen molar-refractivity contribution in [1.29, 1.82) is 0 Å². The first-order valence-corrected chi connectivity index (χ1v) is 12.9. The third-order valence-corrected chi connectivity index (χ3v) is 7.42. The van der Waals surface area contributed by atoms with Gasteiger partial charge in [0.1, 0.15) is 0 Å². The number of sulfonamides is 1. The number of carbonyl (C=O) groups is 1. The number of carbonyl (C=O) groups excluding carboxylic acids is 1. The zero-order chi connectivity index (χ0) is 24.4. The minimum Gasteiger partial charge on any atom is -0.372 e. The van der Waals surface area contributed by atoms with Crippen molar-refractivity contribution in [2.24, 2.45) is 0 Å². The Morgan fingerprint density at radius 1 is 0.800 bits per heavy atom. The fourth-order valence-corrected chi connectivity index (χ4v) is 5.28. The summed E-state index contributed by atoms with van der Waals surface area (Å²) < 4.78 is 28.0. The molecule has 1 aliphatic heterocycles. The van der Waals surface area contributed by atoms with Gasteiger partial charge in [0.2, 0.25) is 0 Å². The van der Waals surface area contributed by atoms with Crippen LogP contribution in [0.25, 0.3) is 11.0 Å². The Balaban J connectivity index is 1.24. The highest BCUT2D eigenvalue weighted by Crippen LogP contribution is 2.23. The molecule has 1 amide bonds. The van der Waals surface area contributed by atoms with E-state index in [2.05, 4.69) is 24.9 Å². The third-order valence-electron chi connectivity index (χ3n) is 6.04. The standard InChI is InChI=1S/C25H25N5O4S/c31-24(26-18-8-10-20(11-9-18)30-14-2-1-3-15-30)17-4-6-19(7-5-17)29-35(33,34)21-12-13-22-23(16-21)28-25(32)27-22/h4-13,16,29H,1-3,14-15H2,(H,26,31)(H2,27,28,32). The van der Waals surface area contributed by atoms with Crippen LogP contribution in [0.15, 0.2) is 76.4 Å². The van der Waals surface area contributed by atoms with Gasteiger partial charge in [-0.1, -0.05) is 0 Å². The van der Waals surface area contributed by atoms with Crippen molar-refractivity contribution in [3.63, 3.8) is 0 Å². The van der Waals surface area contributed by atoms with Crippen molar-refractivity contribution in [3.8, 4) is 0 Å². The van der Waals surface area contributed by atoms with Crippen LogP contribution in [0, 0.1) is 0 Å². The second kappa shape index (κ2) is 9.30. The minimum absolute atomic E-state index is 0.00932. The fourth-order valence-electron chi connectivity index (χ4n) is 4.19. The molecule has 0 atom stereocenters. The SMILES string of the molecule is O=C(Nc1ccc(N2CCCCC2)cc1)c1ccc(NS(=O)(=O)c2ccc3[nH]c(=O)[nH]c3c2)cc1. The van der Waals surface area contributed by atoms with Gasteiger partial charge in [-0.2, -0.15) is 0 Å². The van der Waals surface area contributed by atoms with Crippen LogP contribution < -0.4 is 20.6 Å². The van der Waals surface area contributed by atoms with E-state index in [0.717, 1.165) is 18.8 Å². The van der Waals surface area contributed by atoms with Gasteiger partial charge < -0.3 is 20.2 Å². The summed E-state index contributed by atoms with van der Waals surface area (Å²) in [6, 6.07) is 18.3. The van der Waals surface area contributed by atoms with Crippen molar-refractivity contribution in [2.75, 3.05) is 28.0 Å². The summed E-state index contributed by atoms with van der Waals surface area (Å²) in [5.74, 6) is -0.285. The molecule has 2 heterocycles. The molecule has 5 rings (SSSR count). The zero-order valence-corrected chi connectivity index (χ0v) is 19.7. The molecule has 0 aliphatic carbocycles. The topological polar surface area (TPSA) is 127 Å². The number of aromatic nitrogens is 2. The second-order valence-electron chi connectivity index (χ2n) is 8.52. The third kappa shape index (κ3) is 5.07. The Morgan fingerprint density at radius 3 is 2.17 bits per heavy atom. The highest BCUT2D eigenvalue weighted by atomic mass is 32.2. The first kappa shape index (κ1) is 22.7. The molecule has 1 aliphatic rings. The molecule has 180 valence electrons. The summed E-state index contributed by atoms with van der Waals surface area (Å²) in [6.45, 7) is 2.12. The van der Waals surface area contributed by atoms with Crippen LogP contribution in [-0.2, 0) is 10.0 Å². The lowest BCUT2D eigenvalue weighted by atomic mass is 10.1. The van der Waals surface area contributed by atoms with Crippen molar-refractivity contribution >= 4 is 44.0 Å². The lowest BCUT2D eigenvalue weighted by Crippen LogP contribution is -2.29. The van der Waals surface area contributed by atoms with Crippen molar-refractivity contribution in [1.82, 2.24) is 9.97 Å². The highest BCUT2D eigenvalue weighted by molar-refractivity contribution is 7.92. The number of hydrogen-bond donors (Lipinski definition) is 4. The summed E-state index contributed by atoms with van der Waals surface area (Å²) in [5.41, 5.74) is 3.07. The molecule has 35 heavy (non-hydrogen) atoms. The summed E-state index contributed by atoms with van der Waals surface area (Å²) in [6.07, 6.45) is 3.68. The van der Waals surface area contributed by atoms with Crippen LogP contribution in [-0.4, -0.2) is 37.4 Å². The number of nitrogens with zero attached hydrogens (tertiary/aromatic N) is 1. The molecule has 0 saturated carbocycles. The van der Waals surface area contributed by atoms with E-state index in [1.807, 2.05) is 24.3 Å². The van der Waals surface area contributed by atoms with E-state index in [4.69, 9.17) is 0 Å². The van der Waals surface area contributed by atoms with Crippen molar-refractivity contribution in [3.05, 3.63) is 82.8 Å². The van der Waals surface area contributed by atoms with E-state index in [-0.39, 0.29) is 10.8 Å². The van der Waals surface area contributed by atoms with Crippen LogP contribution in [0.1, 0.15) is 29.6 Å². The number of piperidine rings is 1. The summed E-state index contributed by atoms with van der Waals surface area (Å²) in [5, 5.41) is 2.87. The molecule has 0 radical (unpaired) electrons. The maximum Gasteiger partial charge on any atom is 0.323 e. The summed E-state index contributed by atoms with van der Waals surface area (Å²) in [7, 11) is -3.88. The Bertz CT molecular complexity index is 1520. The van der Waals surface area contributed by atoms with Gasteiger partial charge in [-0.05, 0) is 86.0 Å². The normalized spacial score (nSPS) is 14.1. The molecular formula is C25H25N5O4S. The maximum absolute atomic E-state index is 12.8. The Morgan fingerprint density at radius 2 is 1.46 bits per heavy atom. The molecule has 0 bridgehead atoms. The molecule has 0 spiro atoms. The van der Waals surface area contributed by atoms with Gasteiger partial charge in [0.25, 0.3) is 15.9 Å². The lowest BCUT2D eigenvalue weighted by molar-refractivity contribution is 0.102. The molecule has 3 aromatic carbocycles. The highest BCUT2D eigenvalue weighted by Gasteiger charge is 2.16. The molecule has 10 heteroatoms. The number of fused-ring (bicyclic) bond motifs is 1. The van der Waals surface area contributed by atoms with E-state index < -0.39 is 15.7 Å². The molecule has 4 aromatic rings. The molecule has 1 fully saturated rings. The van der Waals surface area contributed by atoms with Gasteiger partial charge in [-0.15, -0.1) is 0 Å². The van der Waals surface area contributed by atoms with Gasteiger partial charge in [-0.25, -0.2) is 13.2 Å². The average Bonchev–Trinajstić information content (AvgIpc) is 3.24. The zero-order valence-electron chi connectivity index (χ0n) is 18.9.